The highest BCUT2D eigenvalue weighted by molar-refractivity contribution is 6.30. The quantitative estimate of drug-likeness (QED) is 0.729. The Balaban J connectivity index is 1.98. The van der Waals surface area contributed by atoms with Gasteiger partial charge in [-0.1, -0.05) is 23.7 Å². The van der Waals surface area contributed by atoms with Crippen molar-refractivity contribution in [3.63, 3.8) is 0 Å². The lowest BCUT2D eigenvalue weighted by Gasteiger charge is -2.11. The number of carbonyl (C=O) groups is 1. The van der Waals surface area contributed by atoms with Crippen molar-refractivity contribution in [3.8, 4) is 11.4 Å². The summed E-state index contributed by atoms with van der Waals surface area (Å²) in [5.41, 5.74) is 2.26. The van der Waals surface area contributed by atoms with Gasteiger partial charge in [-0.15, -0.1) is 0 Å². The van der Waals surface area contributed by atoms with Crippen molar-refractivity contribution in [2.45, 2.75) is 6.92 Å². The molecule has 1 aromatic heterocycles. The lowest BCUT2D eigenvalue weighted by atomic mass is 10.2. The summed E-state index contributed by atoms with van der Waals surface area (Å²) in [7, 11) is 0. The van der Waals surface area contributed by atoms with E-state index in [0.29, 0.717) is 22.4 Å². The van der Waals surface area contributed by atoms with E-state index in [0.717, 1.165) is 11.3 Å². The Morgan fingerprint density at radius 3 is 2.50 bits per heavy atom. The van der Waals surface area contributed by atoms with Crippen molar-refractivity contribution in [3.05, 3.63) is 70.9 Å². The van der Waals surface area contributed by atoms with Gasteiger partial charge in [0.25, 0.3) is 0 Å². The highest BCUT2D eigenvalue weighted by Crippen LogP contribution is 2.23. The van der Waals surface area contributed by atoms with Crippen molar-refractivity contribution >= 4 is 29.1 Å². The lowest BCUT2D eigenvalue weighted by molar-refractivity contribution is 0.0698. The van der Waals surface area contributed by atoms with Crippen molar-refractivity contribution in [2.75, 3.05) is 5.32 Å². The molecule has 24 heavy (non-hydrogen) atoms. The van der Waals surface area contributed by atoms with Gasteiger partial charge < -0.3 is 10.4 Å². The van der Waals surface area contributed by atoms with Crippen LogP contribution in [0.2, 0.25) is 5.02 Å². The molecule has 2 aromatic carbocycles. The topological polar surface area (TPSA) is 75.1 Å². The van der Waals surface area contributed by atoms with Crippen LogP contribution in [0.3, 0.4) is 0 Å². The van der Waals surface area contributed by atoms with Crippen molar-refractivity contribution in [1.29, 1.82) is 0 Å². The Bertz CT molecular complexity index is 895. The van der Waals surface area contributed by atoms with Crippen LogP contribution in [-0.2, 0) is 0 Å². The number of carboxylic acid groups (broad SMARTS) is 1. The minimum Gasteiger partial charge on any atom is -0.478 e. The number of halogens is 1. The Morgan fingerprint density at radius 2 is 1.79 bits per heavy atom. The molecule has 0 aliphatic rings. The third-order valence-electron chi connectivity index (χ3n) is 3.38. The smallest absolute Gasteiger partial charge is 0.337 e. The SMILES string of the molecule is Cc1cc(Nc2ccccc2C(=O)O)nc(-c2ccc(Cl)cc2)n1. The molecule has 0 aliphatic carbocycles. The molecule has 120 valence electrons. The maximum Gasteiger partial charge on any atom is 0.337 e. The second-order valence-electron chi connectivity index (χ2n) is 5.20. The molecule has 0 spiro atoms. The van der Waals surface area contributed by atoms with Gasteiger partial charge in [0, 0.05) is 22.3 Å². The molecule has 0 atom stereocenters. The average Bonchev–Trinajstić information content (AvgIpc) is 2.55. The number of nitrogens with one attached hydrogen (secondary N) is 1. The lowest BCUT2D eigenvalue weighted by Crippen LogP contribution is -2.04. The number of nitrogens with zero attached hydrogens (tertiary/aromatic N) is 2. The number of aromatic nitrogens is 2. The monoisotopic (exact) mass is 339 g/mol. The summed E-state index contributed by atoms with van der Waals surface area (Å²) in [5, 5.41) is 13.0. The fraction of sp³-hybridized carbons (Fsp3) is 0.0556. The van der Waals surface area contributed by atoms with E-state index < -0.39 is 5.97 Å². The van der Waals surface area contributed by atoms with Gasteiger partial charge in [-0.2, -0.15) is 0 Å². The highest BCUT2D eigenvalue weighted by Gasteiger charge is 2.11. The predicted molar refractivity (Wildman–Crippen MR) is 93.9 cm³/mol. The molecule has 0 aliphatic heterocycles. The normalized spacial score (nSPS) is 10.4. The van der Waals surface area contributed by atoms with Gasteiger partial charge in [-0.25, -0.2) is 14.8 Å². The molecule has 0 amide bonds. The van der Waals surface area contributed by atoms with Crippen molar-refractivity contribution in [2.24, 2.45) is 0 Å². The molecule has 0 saturated heterocycles. The summed E-state index contributed by atoms with van der Waals surface area (Å²) in [6, 6.07) is 15.7. The first kappa shape index (κ1) is 16.0. The van der Waals surface area contributed by atoms with Crippen LogP contribution in [0, 0.1) is 6.92 Å². The largest absolute Gasteiger partial charge is 0.478 e. The fourth-order valence-electron chi connectivity index (χ4n) is 2.28. The maximum absolute atomic E-state index is 11.3. The van der Waals surface area contributed by atoms with Crippen LogP contribution in [-0.4, -0.2) is 21.0 Å². The average molecular weight is 340 g/mol. The van der Waals surface area contributed by atoms with Gasteiger partial charge in [0.15, 0.2) is 5.82 Å². The molecule has 3 rings (SSSR count). The molecular formula is C18H14ClN3O2. The summed E-state index contributed by atoms with van der Waals surface area (Å²) in [5.74, 6) is 0.0740. The van der Waals surface area contributed by atoms with E-state index in [9.17, 15) is 9.90 Å². The molecule has 0 radical (unpaired) electrons. The molecule has 0 unspecified atom stereocenters. The minimum atomic E-state index is -0.998. The summed E-state index contributed by atoms with van der Waals surface area (Å²) < 4.78 is 0. The zero-order chi connectivity index (χ0) is 17.1. The van der Waals surface area contributed by atoms with Gasteiger partial charge in [-0.3, -0.25) is 0 Å². The fourth-order valence-corrected chi connectivity index (χ4v) is 2.40. The molecule has 1 heterocycles. The van der Waals surface area contributed by atoms with Crippen LogP contribution in [0.25, 0.3) is 11.4 Å². The number of hydrogen-bond donors (Lipinski definition) is 2. The zero-order valence-electron chi connectivity index (χ0n) is 12.8. The summed E-state index contributed by atoms with van der Waals surface area (Å²) >= 11 is 5.91. The second kappa shape index (κ2) is 6.68. The van der Waals surface area contributed by atoms with Crippen LogP contribution >= 0.6 is 11.6 Å². The van der Waals surface area contributed by atoms with E-state index >= 15 is 0 Å². The first-order chi connectivity index (χ1) is 11.5. The van der Waals surface area contributed by atoms with Crippen LogP contribution in [0.4, 0.5) is 11.5 Å². The molecule has 3 aromatic rings. The van der Waals surface area contributed by atoms with Crippen LogP contribution in [0.15, 0.2) is 54.6 Å². The summed E-state index contributed by atoms with van der Waals surface area (Å²) in [6.07, 6.45) is 0. The third kappa shape index (κ3) is 3.52. The second-order valence-corrected chi connectivity index (χ2v) is 5.64. The number of hydrogen-bond acceptors (Lipinski definition) is 4. The summed E-state index contributed by atoms with van der Waals surface area (Å²) in [4.78, 5) is 20.2. The minimum absolute atomic E-state index is 0.182. The Kier molecular flexibility index (Phi) is 4.44. The first-order valence-electron chi connectivity index (χ1n) is 7.24. The summed E-state index contributed by atoms with van der Waals surface area (Å²) in [6.45, 7) is 1.86. The van der Waals surface area contributed by atoms with E-state index in [1.165, 1.54) is 0 Å². The van der Waals surface area contributed by atoms with Gasteiger partial charge in [0.1, 0.15) is 5.82 Å². The van der Waals surface area contributed by atoms with Gasteiger partial charge in [0.2, 0.25) is 0 Å². The number of carboxylic acids is 1. The first-order valence-corrected chi connectivity index (χ1v) is 7.62. The molecule has 0 fully saturated rings. The Hall–Kier alpha value is -2.92. The van der Waals surface area contributed by atoms with E-state index in [1.54, 1.807) is 42.5 Å². The van der Waals surface area contributed by atoms with Gasteiger partial charge in [-0.05, 0) is 43.3 Å². The van der Waals surface area contributed by atoms with E-state index in [-0.39, 0.29) is 5.56 Å². The zero-order valence-corrected chi connectivity index (χ0v) is 13.6. The Labute approximate surface area is 144 Å². The van der Waals surface area contributed by atoms with E-state index in [2.05, 4.69) is 15.3 Å². The number of aryl methyl sites for hydroxylation is 1. The van der Waals surface area contributed by atoms with Crippen LogP contribution in [0.5, 0.6) is 0 Å². The predicted octanol–water partition coefficient (Wildman–Crippen LogP) is 4.55. The maximum atomic E-state index is 11.3. The van der Waals surface area contributed by atoms with E-state index in [4.69, 9.17) is 11.6 Å². The number of para-hydroxylation sites is 1. The number of rotatable bonds is 4. The van der Waals surface area contributed by atoms with Gasteiger partial charge in [0.05, 0.1) is 11.3 Å². The third-order valence-corrected chi connectivity index (χ3v) is 3.63. The molecule has 0 saturated carbocycles. The van der Waals surface area contributed by atoms with Crippen molar-refractivity contribution < 1.29 is 9.90 Å². The standard InChI is InChI=1S/C18H14ClN3O2/c1-11-10-16(21-15-5-3-2-4-14(15)18(23)24)22-17(20-11)12-6-8-13(19)9-7-12/h2-10H,1H3,(H,23,24)(H,20,21,22). The molecule has 5 nitrogen and oxygen atoms in total. The Morgan fingerprint density at radius 1 is 1.08 bits per heavy atom. The number of benzene rings is 2. The van der Waals surface area contributed by atoms with Gasteiger partial charge >= 0.3 is 5.97 Å². The number of aromatic carboxylic acids is 1. The van der Waals surface area contributed by atoms with E-state index in [1.807, 2.05) is 19.1 Å². The van der Waals surface area contributed by atoms with Crippen molar-refractivity contribution in [1.82, 2.24) is 9.97 Å². The number of anilines is 2. The van der Waals surface area contributed by atoms with Crippen LogP contribution < -0.4 is 5.32 Å². The molecule has 2 N–H and O–H groups in total. The molecule has 0 bridgehead atoms. The van der Waals surface area contributed by atoms with Crippen LogP contribution in [0.1, 0.15) is 16.1 Å². The molecule has 6 heteroatoms. The highest BCUT2D eigenvalue weighted by atomic mass is 35.5. The molecular weight excluding hydrogens is 326 g/mol.